The van der Waals surface area contributed by atoms with Gasteiger partial charge in [-0.25, -0.2) is 0 Å². The zero-order valence-electron chi connectivity index (χ0n) is 10.9. The third-order valence-corrected chi connectivity index (χ3v) is 4.78. The molecule has 0 amide bonds. The van der Waals surface area contributed by atoms with Crippen LogP contribution in [0.1, 0.15) is 77.0 Å². The van der Waals surface area contributed by atoms with Crippen molar-refractivity contribution >= 4 is 0 Å². The van der Waals surface area contributed by atoms with Gasteiger partial charge in [0.25, 0.3) is 0 Å². The summed E-state index contributed by atoms with van der Waals surface area (Å²) in [6.07, 6.45) is 17.7. The van der Waals surface area contributed by atoms with E-state index in [4.69, 9.17) is 0 Å². The first-order valence-electron chi connectivity index (χ1n) is 7.69. The van der Waals surface area contributed by atoms with Gasteiger partial charge < -0.3 is 0 Å². The van der Waals surface area contributed by atoms with Crippen molar-refractivity contribution in [2.24, 2.45) is 17.8 Å². The van der Waals surface area contributed by atoms with E-state index in [1.807, 2.05) is 0 Å². The lowest BCUT2D eigenvalue weighted by molar-refractivity contribution is 0.306. The fourth-order valence-corrected chi connectivity index (χ4v) is 3.59. The van der Waals surface area contributed by atoms with Gasteiger partial charge in [0.1, 0.15) is 0 Å². The molecule has 0 N–H and O–H groups in total. The topological polar surface area (TPSA) is 0 Å². The molecule has 0 saturated heterocycles. The molecule has 2 saturated carbocycles. The summed E-state index contributed by atoms with van der Waals surface area (Å²) >= 11 is 0. The van der Waals surface area contributed by atoms with Gasteiger partial charge in [-0.1, -0.05) is 71.1 Å². The predicted molar refractivity (Wildman–Crippen MR) is 71.2 cm³/mol. The first kappa shape index (κ1) is 12.5. The van der Waals surface area contributed by atoms with Crippen LogP contribution in [0.3, 0.4) is 0 Å². The third kappa shape index (κ3) is 4.11. The molecule has 1 atom stereocenters. The van der Waals surface area contributed by atoms with Crippen LogP contribution in [0.4, 0.5) is 0 Å². The smallest absolute Gasteiger partial charge is 0.0386 e. The molecule has 1 radical (unpaired) electrons. The minimum atomic E-state index is 1.04. The first-order valence-corrected chi connectivity index (χ1v) is 7.69. The minimum absolute atomic E-state index is 1.04. The summed E-state index contributed by atoms with van der Waals surface area (Å²) in [4.78, 5) is 0. The van der Waals surface area contributed by atoms with E-state index in [-0.39, 0.29) is 0 Å². The van der Waals surface area contributed by atoms with E-state index in [1.165, 1.54) is 70.6 Å². The maximum atomic E-state index is 4.03. The summed E-state index contributed by atoms with van der Waals surface area (Å²) in [5, 5.41) is 0. The average molecular weight is 221 g/mol. The Morgan fingerprint density at radius 2 is 1.69 bits per heavy atom. The molecule has 2 aliphatic carbocycles. The van der Waals surface area contributed by atoms with Gasteiger partial charge in [0, 0.05) is 0 Å². The Morgan fingerprint density at radius 1 is 0.938 bits per heavy atom. The van der Waals surface area contributed by atoms with Crippen LogP contribution in [0.25, 0.3) is 0 Å². The van der Waals surface area contributed by atoms with Gasteiger partial charge in [-0.2, -0.15) is 0 Å². The van der Waals surface area contributed by atoms with Gasteiger partial charge in [0.15, 0.2) is 0 Å². The summed E-state index contributed by atoms with van der Waals surface area (Å²) in [5.74, 6) is 3.24. The highest BCUT2D eigenvalue weighted by Crippen LogP contribution is 2.42. The fraction of sp³-hybridized carbons (Fsp3) is 0.938. The van der Waals surface area contributed by atoms with Crippen molar-refractivity contribution in [3.05, 3.63) is 6.92 Å². The van der Waals surface area contributed by atoms with Crippen LogP contribution < -0.4 is 0 Å². The lowest BCUT2D eigenvalue weighted by Gasteiger charge is -2.22. The zero-order chi connectivity index (χ0) is 11.2. The van der Waals surface area contributed by atoms with Crippen LogP contribution in [-0.4, -0.2) is 0 Å². The van der Waals surface area contributed by atoms with Gasteiger partial charge in [-0.05, 0) is 30.6 Å². The van der Waals surface area contributed by atoms with Crippen molar-refractivity contribution in [2.45, 2.75) is 77.0 Å². The quantitative estimate of drug-likeness (QED) is 0.541. The van der Waals surface area contributed by atoms with Crippen LogP contribution in [0.15, 0.2) is 0 Å². The second kappa shape index (κ2) is 6.67. The molecule has 2 rings (SSSR count). The SMILES string of the molecule is [CH2]CCC(CCCC1CCCCC1)C1CC1. The highest BCUT2D eigenvalue weighted by atomic mass is 14.4. The first-order chi connectivity index (χ1) is 7.90. The molecule has 0 nitrogen and oxygen atoms in total. The molecule has 1 unspecified atom stereocenters. The molecule has 0 aliphatic heterocycles. The molecule has 0 spiro atoms. The molecule has 2 fully saturated rings. The third-order valence-electron chi connectivity index (χ3n) is 4.78. The van der Waals surface area contributed by atoms with Crippen LogP contribution in [0.2, 0.25) is 0 Å². The Labute approximate surface area is 102 Å². The number of hydrogen-bond acceptors (Lipinski definition) is 0. The number of hydrogen-bond donors (Lipinski definition) is 0. The van der Waals surface area contributed by atoms with E-state index in [0.717, 1.165) is 24.2 Å². The van der Waals surface area contributed by atoms with Gasteiger partial charge >= 0.3 is 0 Å². The lowest BCUT2D eigenvalue weighted by Crippen LogP contribution is -2.08. The summed E-state index contributed by atoms with van der Waals surface area (Å²) in [7, 11) is 0. The molecule has 2 aliphatic rings. The highest BCUT2D eigenvalue weighted by molar-refractivity contribution is 4.81. The van der Waals surface area contributed by atoms with Crippen molar-refractivity contribution < 1.29 is 0 Å². The van der Waals surface area contributed by atoms with Crippen molar-refractivity contribution in [3.8, 4) is 0 Å². The van der Waals surface area contributed by atoms with E-state index in [2.05, 4.69) is 6.92 Å². The Kier molecular flexibility index (Phi) is 5.19. The van der Waals surface area contributed by atoms with Gasteiger partial charge in [0.05, 0.1) is 0 Å². The van der Waals surface area contributed by atoms with Gasteiger partial charge in [-0.15, -0.1) is 0 Å². The average Bonchev–Trinajstić information content (AvgIpc) is 3.13. The van der Waals surface area contributed by atoms with Crippen LogP contribution in [-0.2, 0) is 0 Å². The second-order valence-corrected chi connectivity index (χ2v) is 6.17. The predicted octanol–water partition coefficient (Wildman–Crippen LogP) is 5.38. The summed E-state index contributed by atoms with van der Waals surface area (Å²) in [5.41, 5.74) is 0. The van der Waals surface area contributed by atoms with Crippen molar-refractivity contribution in [3.63, 3.8) is 0 Å². The fourth-order valence-electron chi connectivity index (χ4n) is 3.59. The molecule has 0 heteroatoms. The van der Waals surface area contributed by atoms with Crippen LogP contribution >= 0.6 is 0 Å². The van der Waals surface area contributed by atoms with E-state index < -0.39 is 0 Å². The Balaban J connectivity index is 1.57. The second-order valence-electron chi connectivity index (χ2n) is 6.17. The number of rotatable bonds is 7. The molecule has 93 valence electrons. The Morgan fingerprint density at radius 3 is 2.31 bits per heavy atom. The van der Waals surface area contributed by atoms with Crippen LogP contribution in [0.5, 0.6) is 0 Å². The van der Waals surface area contributed by atoms with Gasteiger partial charge in [0.2, 0.25) is 0 Å². The Hall–Kier alpha value is 0. The van der Waals surface area contributed by atoms with E-state index in [1.54, 1.807) is 0 Å². The summed E-state index contributed by atoms with van der Waals surface area (Å²) in [6.45, 7) is 4.03. The molecule has 0 bridgehead atoms. The Bertz CT molecular complexity index is 174. The maximum Gasteiger partial charge on any atom is -0.0386 e. The van der Waals surface area contributed by atoms with Gasteiger partial charge in [-0.3, -0.25) is 0 Å². The van der Waals surface area contributed by atoms with E-state index >= 15 is 0 Å². The summed E-state index contributed by atoms with van der Waals surface area (Å²) in [6, 6.07) is 0. The molecular weight excluding hydrogens is 192 g/mol. The lowest BCUT2D eigenvalue weighted by atomic mass is 9.84. The standard InChI is InChI=1S/C16H29/c1-2-7-15(16-12-13-16)11-6-10-14-8-4-3-5-9-14/h14-16H,1-13H2. The van der Waals surface area contributed by atoms with Crippen molar-refractivity contribution in [1.29, 1.82) is 0 Å². The molecule has 0 aromatic carbocycles. The van der Waals surface area contributed by atoms with E-state index in [0.29, 0.717) is 0 Å². The largest absolute Gasteiger partial charge is 0.0533 e. The molecule has 0 aromatic rings. The minimum Gasteiger partial charge on any atom is -0.0533 e. The maximum absolute atomic E-state index is 4.03. The van der Waals surface area contributed by atoms with E-state index in [9.17, 15) is 0 Å². The zero-order valence-corrected chi connectivity index (χ0v) is 10.9. The highest BCUT2D eigenvalue weighted by Gasteiger charge is 2.29. The van der Waals surface area contributed by atoms with Crippen molar-refractivity contribution in [1.82, 2.24) is 0 Å². The van der Waals surface area contributed by atoms with Crippen LogP contribution in [0, 0.1) is 24.7 Å². The molecular formula is C16H29. The normalized spacial score (nSPS) is 24.6. The van der Waals surface area contributed by atoms with Crippen molar-refractivity contribution in [2.75, 3.05) is 0 Å². The summed E-state index contributed by atoms with van der Waals surface area (Å²) < 4.78 is 0. The monoisotopic (exact) mass is 221 g/mol. The molecule has 0 aromatic heterocycles. The molecule has 0 heterocycles. The molecule has 16 heavy (non-hydrogen) atoms.